The Hall–Kier alpha value is -3.17. The molecule has 0 N–H and O–H groups in total. The van der Waals surface area contributed by atoms with E-state index >= 15 is 0 Å². The van der Waals surface area contributed by atoms with Gasteiger partial charge < -0.3 is 14.4 Å². The van der Waals surface area contributed by atoms with E-state index in [1.807, 2.05) is 54.9 Å². The molecule has 6 nitrogen and oxygen atoms in total. The van der Waals surface area contributed by atoms with Gasteiger partial charge in [-0.1, -0.05) is 28.5 Å². The van der Waals surface area contributed by atoms with Gasteiger partial charge in [0.05, 0.1) is 12.1 Å². The fourth-order valence-corrected chi connectivity index (χ4v) is 4.68. The Labute approximate surface area is 220 Å². The van der Waals surface area contributed by atoms with Crippen molar-refractivity contribution in [3.05, 3.63) is 54.1 Å². The summed E-state index contributed by atoms with van der Waals surface area (Å²) in [4.78, 5) is 24.6. The molecule has 0 saturated carbocycles. The Bertz CT molecular complexity index is 1360. The van der Waals surface area contributed by atoms with Gasteiger partial charge in [-0.3, -0.25) is 4.79 Å². The number of carbonyl (C=O) groups excluding carboxylic acids is 1. The molecule has 1 aromatic heterocycles. The van der Waals surface area contributed by atoms with Crippen molar-refractivity contribution < 1.29 is 27.4 Å². The minimum Gasteiger partial charge on any atom is -0.504 e. The summed E-state index contributed by atoms with van der Waals surface area (Å²) < 4.78 is 48.6. The van der Waals surface area contributed by atoms with E-state index in [1.165, 1.54) is 12.1 Å². The molecule has 0 saturated heterocycles. The molecule has 0 bridgehead atoms. The number of amides is 1. The summed E-state index contributed by atoms with van der Waals surface area (Å²) in [5, 5.41) is -1.52. The second-order valence-electron chi connectivity index (χ2n) is 10.3. The number of halogens is 3. The Kier molecular flexibility index (Phi) is 6.75. The van der Waals surface area contributed by atoms with Crippen molar-refractivity contribution in [3.63, 3.8) is 0 Å². The van der Waals surface area contributed by atoms with Gasteiger partial charge in [0.15, 0.2) is 0 Å². The molecule has 3 aromatic rings. The van der Waals surface area contributed by atoms with Gasteiger partial charge in [0, 0.05) is 23.1 Å². The zero-order valence-corrected chi connectivity index (χ0v) is 21.9. The maximum Gasteiger partial charge on any atom is 0.573 e. The molecule has 1 amide bonds. The molecular formula is C21H23B7F3N3O3. The normalized spacial score (nSPS) is 16.4. The second kappa shape index (κ2) is 9.29. The van der Waals surface area contributed by atoms with Crippen molar-refractivity contribution in [2.45, 2.75) is 23.6 Å². The monoisotopic (exact) mass is 499 g/mol. The summed E-state index contributed by atoms with van der Waals surface area (Å²) in [7, 11) is 13.5. The van der Waals surface area contributed by atoms with Crippen LogP contribution in [-0.4, -0.2) is 92.8 Å². The maximum atomic E-state index is 14.3. The SMILES string of the molecule is Bc1c(B)c(-c2ccc(OC(F)(F)F)cc2)c(B)c2c1OC(B)(B)C(B)(B)N(Cc1ncccn1)C2=O. The number of ether oxygens (including phenoxy) is 2. The Morgan fingerprint density at radius 1 is 0.919 bits per heavy atom. The van der Waals surface area contributed by atoms with Crippen molar-refractivity contribution in [1.29, 1.82) is 0 Å². The van der Waals surface area contributed by atoms with Gasteiger partial charge in [-0.25, -0.2) is 9.97 Å². The van der Waals surface area contributed by atoms with E-state index in [0.29, 0.717) is 28.2 Å². The molecule has 1 aliphatic heterocycles. The van der Waals surface area contributed by atoms with Crippen LogP contribution in [0.3, 0.4) is 0 Å². The van der Waals surface area contributed by atoms with E-state index < -0.39 is 17.1 Å². The molecule has 37 heavy (non-hydrogen) atoms. The molecule has 0 unspecified atom stereocenters. The molecule has 2 heterocycles. The number of carbonyl (C=O) groups is 1. The summed E-state index contributed by atoms with van der Waals surface area (Å²) in [6, 6.07) is 7.38. The fourth-order valence-electron chi connectivity index (χ4n) is 4.68. The molecule has 0 atom stereocenters. The molecule has 182 valence electrons. The quantitative estimate of drug-likeness (QED) is 0.337. The van der Waals surface area contributed by atoms with Gasteiger partial charge in [-0.05, 0) is 29.3 Å². The lowest BCUT2D eigenvalue weighted by Gasteiger charge is -2.48. The van der Waals surface area contributed by atoms with Gasteiger partial charge in [0.2, 0.25) is 0 Å². The predicted octanol–water partition coefficient (Wildman–Crippen LogP) is -5.31. The van der Waals surface area contributed by atoms with Gasteiger partial charge in [-0.2, -0.15) is 0 Å². The van der Waals surface area contributed by atoms with Crippen molar-refractivity contribution >= 4 is 77.2 Å². The Balaban J connectivity index is 1.89. The van der Waals surface area contributed by atoms with E-state index in [9.17, 15) is 18.0 Å². The number of benzene rings is 2. The summed E-state index contributed by atoms with van der Waals surface area (Å²) in [5.41, 5.74) is 4.20. The summed E-state index contributed by atoms with van der Waals surface area (Å²) in [5.74, 6) is 0.479. The van der Waals surface area contributed by atoms with Crippen molar-refractivity contribution in [1.82, 2.24) is 14.9 Å². The van der Waals surface area contributed by atoms with Crippen LogP contribution in [0, 0.1) is 0 Å². The van der Waals surface area contributed by atoms with Crippen LogP contribution >= 0.6 is 0 Å². The molecule has 0 fully saturated rings. The number of rotatable bonds is 4. The first kappa shape index (κ1) is 26.9. The first-order valence-electron chi connectivity index (χ1n) is 11.9. The average molecular weight is 498 g/mol. The van der Waals surface area contributed by atoms with Crippen LogP contribution in [0.15, 0.2) is 42.7 Å². The minimum atomic E-state index is -4.77. The topological polar surface area (TPSA) is 64.6 Å². The molecule has 2 aromatic carbocycles. The zero-order valence-electron chi connectivity index (χ0n) is 21.9. The van der Waals surface area contributed by atoms with Crippen molar-refractivity contribution in [2.24, 2.45) is 0 Å². The van der Waals surface area contributed by atoms with Gasteiger partial charge in [0.25, 0.3) is 5.91 Å². The lowest BCUT2D eigenvalue weighted by atomic mass is 9.39. The highest BCUT2D eigenvalue weighted by molar-refractivity contribution is 6.58. The van der Waals surface area contributed by atoms with Crippen molar-refractivity contribution in [3.8, 4) is 22.6 Å². The highest BCUT2D eigenvalue weighted by atomic mass is 19.4. The molecular weight excluding hydrogens is 475 g/mol. The number of hydrogen-bond donors (Lipinski definition) is 0. The Morgan fingerprint density at radius 2 is 1.51 bits per heavy atom. The zero-order chi connectivity index (χ0) is 27.3. The second-order valence-corrected chi connectivity index (χ2v) is 10.3. The lowest BCUT2D eigenvalue weighted by molar-refractivity contribution is -0.274. The van der Waals surface area contributed by atoms with E-state index in [1.54, 1.807) is 35.5 Å². The molecule has 0 aliphatic carbocycles. The summed E-state index contributed by atoms with van der Waals surface area (Å²) >= 11 is 0. The highest BCUT2D eigenvalue weighted by Gasteiger charge is 2.49. The number of aromatic nitrogens is 2. The van der Waals surface area contributed by atoms with E-state index in [0.717, 1.165) is 16.5 Å². The van der Waals surface area contributed by atoms with Crippen LogP contribution in [-0.2, 0) is 6.54 Å². The predicted molar refractivity (Wildman–Crippen MR) is 155 cm³/mol. The fraction of sp³-hybridized carbons (Fsp3) is 0.190. The minimum absolute atomic E-state index is 0.185. The van der Waals surface area contributed by atoms with E-state index in [4.69, 9.17) is 4.74 Å². The van der Waals surface area contributed by atoms with Gasteiger partial charge >= 0.3 is 6.36 Å². The van der Waals surface area contributed by atoms with Gasteiger partial charge in [-0.15, -0.1) is 13.2 Å². The van der Waals surface area contributed by atoms with Crippen LogP contribution in [0.2, 0.25) is 0 Å². The number of fused-ring (bicyclic) bond motifs is 1. The van der Waals surface area contributed by atoms with E-state index in [2.05, 4.69) is 14.7 Å². The third-order valence-electron chi connectivity index (χ3n) is 7.51. The van der Waals surface area contributed by atoms with Gasteiger partial charge in [0.1, 0.15) is 72.2 Å². The Morgan fingerprint density at radius 3 is 2.08 bits per heavy atom. The molecule has 0 spiro atoms. The lowest BCUT2D eigenvalue weighted by Crippen LogP contribution is -2.69. The highest BCUT2D eigenvalue weighted by Crippen LogP contribution is 2.34. The number of hydrogen-bond acceptors (Lipinski definition) is 5. The van der Waals surface area contributed by atoms with Crippen LogP contribution in [0.25, 0.3) is 11.1 Å². The van der Waals surface area contributed by atoms with E-state index in [-0.39, 0.29) is 18.2 Å². The van der Waals surface area contributed by atoms with Crippen LogP contribution in [0.5, 0.6) is 11.5 Å². The standard InChI is InChI=1S/C21H23B7F3N3O3/c22-14-12(9-2-4-10(5-3-9)36-21(29,30)31)15(23)16(24)17-13(14)18(35)34(8-11-32-6-1-7-33-11)19(25,26)20(27,28)37-17/h1-7H,8,22-28H2. The summed E-state index contributed by atoms with van der Waals surface area (Å²) in [6.07, 6.45) is -1.50. The van der Waals surface area contributed by atoms with Crippen LogP contribution < -0.4 is 25.9 Å². The first-order valence-corrected chi connectivity index (χ1v) is 11.9. The molecule has 1 aliphatic rings. The molecule has 16 heteroatoms. The van der Waals surface area contributed by atoms with Crippen LogP contribution in [0.1, 0.15) is 16.2 Å². The first-order chi connectivity index (χ1) is 17.1. The van der Waals surface area contributed by atoms with Crippen molar-refractivity contribution in [2.75, 3.05) is 0 Å². The number of alkyl halides is 3. The average Bonchev–Trinajstić information content (AvgIpc) is 2.86. The molecule has 0 radical (unpaired) electrons. The number of nitrogens with zero attached hydrogens (tertiary/aromatic N) is 3. The third kappa shape index (κ3) is 4.90. The largest absolute Gasteiger partial charge is 0.573 e. The third-order valence-corrected chi connectivity index (χ3v) is 7.51. The molecule has 4 rings (SSSR count). The smallest absolute Gasteiger partial charge is 0.504 e. The maximum absolute atomic E-state index is 14.3. The summed E-state index contributed by atoms with van der Waals surface area (Å²) in [6.45, 7) is 0.185. The van der Waals surface area contributed by atoms with Crippen LogP contribution in [0.4, 0.5) is 13.2 Å².